The highest BCUT2D eigenvalue weighted by atomic mass is 16.5. The SMILES string of the molecule is CCOC(=O)c1cccnc1-n1ccnc1C#N. The number of pyridine rings is 1. The van der Waals surface area contributed by atoms with Crippen molar-refractivity contribution >= 4 is 5.97 Å². The molecule has 2 rings (SSSR count). The zero-order chi connectivity index (χ0) is 13.0. The molecule has 0 amide bonds. The fourth-order valence-corrected chi connectivity index (χ4v) is 1.51. The minimum absolute atomic E-state index is 0.166. The van der Waals surface area contributed by atoms with E-state index in [2.05, 4.69) is 9.97 Å². The molecule has 2 aromatic rings. The first-order valence-electron chi connectivity index (χ1n) is 5.34. The smallest absolute Gasteiger partial charge is 0.341 e. The summed E-state index contributed by atoms with van der Waals surface area (Å²) in [6.07, 6.45) is 4.59. The zero-order valence-corrected chi connectivity index (χ0v) is 9.70. The first kappa shape index (κ1) is 11.8. The molecule has 2 aromatic heterocycles. The summed E-state index contributed by atoms with van der Waals surface area (Å²) in [4.78, 5) is 19.8. The second-order valence-electron chi connectivity index (χ2n) is 3.33. The lowest BCUT2D eigenvalue weighted by molar-refractivity contribution is 0.0526. The van der Waals surface area contributed by atoms with Gasteiger partial charge in [0.15, 0.2) is 5.82 Å². The number of nitriles is 1. The fraction of sp³-hybridized carbons (Fsp3) is 0.167. The Bertz CT molecular complexity index is 613. The van der Waals surface area contributed by atoms with Gasteiger partial charge in [0.25, 0.3) is 0 Å². The molecular formula is C12H10N4O2. The monoisotopic (exact) mass is 242 g/mol. The highest BCUT2D eigenvalue weighted by Crippen LogP contribution is 2.14. The highest BCUT2D eigenvalue weighted by Gasteiger charge is 2.16. The Hall–Kier alpha value is -2.68. The molecule has 0 saturated carbocycles. The quantitative estimate of drug-likeness (QED) is 0.758. The Morgan fingerprint density at radius 3 is 3.06 bits per heavy atom. The van der Waals surface area contributed by atoms with Crippen LogP contribution >= 0.6 is 0 Å². The third-order valence-corrected chi connectivity index (χ3v) is 2.25. The Kier molecular flexibility index (Phi) is 3.34. The van der Waals surface area contributed by atoms with Gasteiger partial charge in [-0.15, -0.1) is 0 Å². The molecule has 0 N–H and O–H groups in total. The predicted octanol–water partition coefficient (Wildman–Crippen LogP) is 1.32. The second kappa shape index (κ2) is 5.10. The van der Waals surface area contributed by atoms with Gasteiger partial charge in [0, 0.05) is 18.6 Å². The van der Waals surface area contributed by atoms with Gasteiger partial charge in [-0.1, -0.05) is 0 Å². The molecular weight excluding hydrogens is 232 g/mol. The summed E-state index contributed by atoms with van der Waals surface area (Å²) >= 11 is 0. The van der Waals surface area contributed by atoms with Crippen molar-refractivity contribution in [3.05, 3.63) is 42.1 Å². The van der Waals surface area contributed by atoms with Gasteiger partial charge in [-0.25, -0.2) is 14.8 Å². The fourth-order valence-electron chi connectivity index (χ4n) is 1.51. The Morgan fingerprint density at radius 2 is 2.33 bits per heavy atom. The number of hydrogen-bond donors (Lipinski definition) is 0. The molecule has 0 fully saturated rings. The van der Waals surface area contributed by atoms with Gasteiger partial charge in [0.2, 0.25) is 5.82 Å². The molecule has 6 nitrogen and oxygen atoms in total. The van der Waals surface area contributed by atoms with Crippen LogP contribution in [0.4, 0.5) is 0 Å². The van der Waals surface area contributed by atoms with E-state index in [9.17, 15) is 4.79 Å². The molecule has 0 atom stereocenters. The van der Waals surface area contributed by atoms with Crippen LogP contribution in [0, 0.1) is 11.3 Å². The van der Waals surface area contributed by atoms with E-state index in [1.807, 2.05) is 6.07 Å². The second-order valence-corrected chi connectivity index (χ2v) is 3.33. The highest BCUT2D eigenvalue weighted by molar-refractivity contribution is 5.92. The maximum Gasteiger partial charge on any atom is 0.341 e. The average Bonchev–Trinajstić information content (AvgIpc) is 2.87. The summed E-state index contributed by atoms with van der Waals surface area (Å²) in [5.41, 5.74) is 0.300. The largest absolute Gasteiger partial charge is 0.462 e. The van der Waals surface area contributed by atoms with Crippen molar-refractivity contribution < 1.29 is 9.53 Å². The molecule has 2 heterocycles. The van der Waals surface area contributed by atoms with Crippen LogP contribution in [0.5, 0.6) is 0 Å². The number of esters is 1. The van der Waals surface area contributed by atoms with E-state index in [4.69, 9.17) is 10.00 Å². The van der Waals surface area contributed by atoms with Crippen LogP contribution in [-0.4, -0.2) is 27.1 Å². The van der Waals surface area contributed by atoms with Crippen molar-refractivity contribution in [2.24, 2.45) is 0 Å². The molecule has 0 radical (unpaired) electrons. The molecule has 18 heavy (non-hydrogen) atoms. The van der Waals surface area contributed by atoms with Crippen LogP contribution in [0.1, 0.15) is 23.1 Å². The van der Waals surface area contributed by atoms with E-state index in [1.165, 1.54) is 10.8 Å². The normalized spacial score (nSPS) is 9.78. The molecule has 0 saturated heterocycles. The van der Waals surface area contributed by atoms with Crippen LogP contribution in [0.25, 0.3) is 5.82 Å². The van der Waals surface area contributed by atoms with Gasteiger partial charge in [-0.2, -0.15) is 5.26 Å². The summed E-state index contributed by atoms with van der Waals surface area (Å²) in [5, 5.41) is 8.92. The van der Waals surface area contributed by atoms with Crippen molar-refractivity contribution in [2.75, 3.05) is 6.61 Å². The van der Waals surface area contributed by atoms with Gasteiger partial charge in [-0.05, 0) is 19.1 Å². The molecule has 0 aliphatic carbocycles. The summed E-state index contributed by atoms with van der Waals surface area (Å²) in [6, 6.07) is 5.17. The maximum atomic E-state index is 11.8. The lowest BCUT2D eigenvalue weighted by Crippen LogP contribution is -2.11. The molecule has 90 valence electrons. The average molecular weight is 242 g/mol. The zero-order valence-electron chi connectivity index (χ0n) is 9.70. The number of nitrogens with zero attached hydrogens (tertiary/aromatic N) is 4. The summed E-state index contributed by atoms with van der Waals surface area (Å²) in [6.45, 7) is 2.01. The van der Waals surface area contributed by atoms with Crippen molar-refractivity contribution in [1.29, 1.82) is 5.26 Å². The number of rotatable bonds is 3. The van der Waals surface area contributed by atoms with E-state index >= 15 is 0 Å². The Labute approximate surface area is 103 Å². The van der Waals surface area contributed by atoms with Gasteiger partial charge >= 0.3 is 5.97 Å². The van der Waals surface area contributed by atoms with Gasteiger partial charge in [0.05, 0.1) is 6.61 Å². The maximum absolute atomic E-state index is 11.8. The number of carbonyl (C=O) groups excluding carboxylic acids is 1. The standard InChI is InChI=1S/C12H10N4O2/c1-2-18-12(17)9-4-3-5-15-11(9)16-7-6-14-10(16)8-13/h3-7H,2H2,1H3. The number of imidazole rings is 1. The first-order chi connectivity index (χ1) is 8.77. The summed E-state index contributed by atoms with van der Waals surface area (Å²) < 4.78 is 6.40. The number of ether oxygens (including phenoxy) is 1. The van der Waals surface area contributed by atoms with E-state index < -0.39 is 5.97 Å². The lowest BCUT2D eigenvalue weighted by Gasteiger charge is -2.08. The van der Waals surface area contributed by atoms with Gasteiger partial charge in [-0.3, -0.25) is 4.57 Å². The minimum atomic E-state index is -0.474. The Morgan fingerprint density at radius 1 is 1.50 bits per heavy atom. The van der Waals surface area contributed by atoms with Gasteiger partial charge in [0.1, 0.15) is 11.6 Å². The number of aromatic nitrogens is 3. The molecule has 0 bridgehead atoms. The first-order valence-corrected chi connectivity index (χ1v) is 5.34. The van der Waals surface area contributed by atoms with Crippen molar-refractivity contribution in [3.63, 3.8) is 0 Å². The predicted molar refractivity (Wildman–Crippen MR) is 62.0 cm³/mol. The lowest BCUT2D eigenvalue weighted by atomic mass is 10.2. The summed E-state index contributed by atoms with van der Waals surface area (Å²) in [5.74, 6) is 0.0300. The molecule has 0 unspecified atom stereocenters. The summed E-state index contributed by atoms with van der Waals surface area (Å²) in [7, 11) is 0. The van der Waals surface area contributed by atoms with Crippen LogP contribution < -0.4 is 0 Å². The molecule has 0 aromatic carbocycles. The molecule has 0 aliphatic rings. The van der Waals surface area contributed by atoms with Gasteiger partial charge < -0.3 is 4.74 Å². The van der Waals surface area contributed by atoms with Crippen molar-refractivity contribution in [1.82, 2.24) is 14.5 Å². The number of carbonyl (C=O) groups is 1. The van der Waals surface area contributed by atoms with E-state index in [0.717, 1.165) is 0 Å². The van der Waals surface area contributed by atoms with Crippen LogP contribution in [-0.2, 0) is 4.74 Å². The van der Waals surface area contributed by atoms with Crippen LogP contribution in [0.3, 0.4) is 0 Å². The van der Waals surface area contributed by atoms with Crippen molar-refractivity contribution in [3.8, 4) is 11.9 Å². The Balaban J connectivity index is 2.52. The van der Waals surface area contributed by atoms with Crippen molar-refractivity contribution in [2.45, 2.75) is 6.92 Å². The van der Waals surface area contributed by atoms with E-state index in [0.29, 0.717) is 11.4 Å². The third-order valence-electron chi connectivity index (χ3n) is 2.25. The van der Waals surface area contributed by atoms with Crippen LogP contribution in [0.2, 0.25) is 0 Å². The topological polar surface area (TPSA) is 80.8 Å². The third kappa shape index (κ3) is 2.06. The minimum Gasteiger partial charge on any atom is -0.462 e. The number of hydrogen-bond acceptors (Lipinski definition) is 5. The van der Waals surface area contributed by atoms with E-state index in [1.54, 1.807) is 31.5 Å². The molecule has 0 spiro atoms. The van der Waals surface area contributed by atoms with Crippen LogP contribution in [0.15, 0.2) is 30.7 Å². The molecule has 0 aliphatic heterocycles. The van der Waals surface area contributed by atoms with E-state index in [-0.39, 0.29) is 12.4 Å². The molecule has 6 heteroatoms.